The molecule has 0 saturated heterocycles. The highest BCUT2D eigenvalue weighted by molar-refractivity contribution is 5.78. The third kappa shape index (κ3) is 2.94. The molecule has 0 amide bonds. The molecular formula is C17H24N2. The fourth-order valence-electron chi connectivity index (χ4n) is 2.08. The average Bonchev–Trinajstić information content (AvgIpc) is 2.35. The monoisotopic (exact) mass is 256 g/mol. The lowest BCUT2D eigenvalue weighted by Gasteiger charge is -2.18. The minimum absolute atomic E-state index is 0.00190. The molecule has 1 aromatic heterocycles. The van der Waals surface area contributed by atoms with Crippen LogP contribution >= 0.6 is 0 Å². The maximum atomic E-state index is 4.68. The fraction of sp³-hybridized carbons (Fsp3) is 0.529. The maximum Gasteiger partial charge on any atom is 0.134 e. The number of benzene rings is 1. The van der Waals surface area contributed by atoms with Gasteiger partial charge in [0, 0.05) is 17.0 Å². The smallest absolute Gasteiger partial charge is 0.134 e. The van der Waals surface area contributed by atoms with E-state index in [9.17, 15) is 0 Å². The zero-order valence-electron chi connectivity index (χ0n) is 12.9. The van der Waals surface area contributed by atoms with Crippen molar-refractivity contribution in [2.45, 2.75) is 52.9 Å². The van der Waals surface area contributed by atoms with Crippen molar-refractivity contribution in [3.05, 3.63) is 35.8 Å². The van der Waals surface area contributed by atoms with Crippen molar-refractivity contribution in [2.75, 3.05) is 0 Å². The summed E-state index contributed by atoms with van der Waals surface area (Å²) in [6, 6.07) is 6.55. The first kappa shape index (κ1) is 14.0. The van der Waals surface area contributed by atoms with E-state index in [2.05, 4.69) is 69.7 Å². The molecule has 0 N–H and O–H groups in total. The molecule has 0 aliphatic carbocycles. The summed E-state index contributed by atoms with van der Waals surface area (Å²) >= 11 is 0. The Kier molecular flexibility index (Phi) is 3.62. The lowest BCUT2D eigenvalue weighted by atomic mass is 9.89. The van der Waals surface area contributed by atoms with Crippen LogP contribution in [-0.2, 0) is 5.41 Å². The van der Waals surface area contributed by atoms with Gasteiger partial charge in [-0.2, -0.15) is 0 Å². The van der Waals surface area contributed by atoms with Gasteiger partial charge in [-0.3, -0.25) is 0 Å². The topological polar surface area (TPSA) is 25.8 Å². The summed E-state index contributed by atoms with van der Waals surface area (Å²) in [4.78, 5) is 9.19. The molecule has 0 aliphatic heterocycles. The second-order valence-electron chi connectivity index (χ2n) is 6.79. The zero-order valence-corrected chi connectivity index (χ0v) is 12.9. The number of fused-ring (bicyclic) bond motifs is 1. The van der Waals surface area contributed by atoms with Crippen molar-refractivity contribution >= 4 is 10.9 Å². The molecule has 2 nitrogen and oxygen atoms in total. The second-order valence-corrected chi connectivity index (χ2v) is 6.79. The highest BCUT2D eigenvalue weighted by Crippen LogP contribution is 2.27. The molecule has 1 aromatic carbocycles. The van der Waals surface area contributed by atoms with Crippen molar-refractivity contribution < 1.29 is 0 Å². The van der Waals surface area contributed by atoms with Crippen LogP contribution in [0.2, 0.25) is 0 Å². The SMILES string of the molecule is CC(C)C(C)c1ccc2nc(C(C)(C)C)ncc2c1. The minimum atomic E-state index is -0.00190. The van der Waals surface area contributed by atoms with Crippen LogP contribution in [0.3, 0.4) is 0 Å². The number of aromatic nitrogens is 2. The van der Waals surface area contributed by atoms with Crippen molar-refractivity contribution in [3.8, 4) is 0 Å². The summed E-state index contributed by atoms with van der Waals surface area (Å²) < 4.78 is 0. The quantitative estimate of drug-likeness (QED) is 0.779. The van der Waals surface area contributed by atoms with Crippen LogP contribution in [-0.4, -0.2) is 9.97 Å². The van der Waals surface area contributed by atoms with E-state index in [1.165, 1.54) is 5.56 Å². The van der Waals surface area contributed by atoms with E-state index in [1.54, 1.807) is 0 Å². The maximum absolute atomic E-state index is 4.68. The molecule has 2 aromatic rings. The average molecular weight is 256 g/mol. The highest BCUT2D eigenvalue weighted by Gasteiger charge is 2.18. The first-order valence-corrected chi connectivity index (χ1v) is 7.06. The van der Waals surface area contributed by atoms with Crippen LogP contribution in [0.5, 0.6) is 0 Å². The van der Waals surface area contributed by atoms with E-state index in [0.29, 0.717) is 11.8 Å². The summed E-state index contributed by atoms with van der Waals surface area (Å²) in [7, 11) is 0. The van der Waals surface area contributed by atoms with Crippen LogP contribution in [0.4, 0.5) is 0 Å². The number of rotatable bonds is 2. The Morgan fingerprint density at radius 1 is 1.05 bits per heavy atom. The molecule has 2 heteroatoms. The van der Waals surface area contributed by atoms with Crippen molar-refractivity contribution in [3.63, 3.8) is 0 Å². The Hall–Kier alpha value is -1.44. The molecule has 1 atom stereocenters. The van der Waals surface area contributed by atoms with Gasteiger partial charge in [-0.05, 0) is 29.5 Å². The molecule has 0 fully saturated rings. The predicted molar refractivity (Wildman–Crippen MR) is 81.5 cm³/mol. The van der Waals surface area contributed by atoms with Gasteiger partial charge in [0.05, 0.1) is 5.52 Å². The van der Waals surface area contributed by atoms with E-state index in [-0.39, 0.29) is 5.41 Å². The van der Waals surface area contributed by atoms with Gasteiger partial charge in [0.2, 0.25) is 0 Å². The van der Waals surface area contributed by atoms with Crippen LogP contribution in [0, 0.1) is 5.92 Å². The summed E-state index contributed by atoms with van der Waals surface area (Å²) in [5, 5.41) is 1.14. The molecule has 2 rings (SSSR count). The van der Waals surface area contributed by atoms with Gasteiger partial charge in [-0.15, -0.1) is 0 Å². The summed E-state index contributed by atoms with van der Waals surface area (Å²) in [6.07, 6.45) is 1.96. The summed E-state index contributed by atoms with van der Waals surface area (Å²) in [5.41, 5.74) is 2.41. The first-order valence-electron chi connectivity index (χ1n) is 7.06. The first-order chi connectivity index (χ1) is 8.79. The van der Waals surface area contributed by atoms with Crippen LogP contribution < -0.4 is 0 Å². The molecule has 0 bridgehead atoms. The van der Waals surface area contributed by atoms with E-state index in [0.717, 1.165) is 16.7 Å². The lowest BCUT2D eigenvalue weighted by molar-refractivity contribution is 0.535. The lowest BCUT2D eigenvalue weighted by Crippen LogP contribution is -2.15. The molecule has 1 unspecified atom stereocenters. The number of nitrogens with zero attached hydrogens (tertiary/aromatic N) is 2. The largest absolute Gasteiger partial charge is 0.240 e. The molecule has 0 saturated carbocycles. The van der Waals surface area contributed by atoms with Crippen LogP contribution in [0.15, 0.2) is 24.4 Å². The molecular weight excluding hydrogens is 232 g/mol. The van der Waals surface area contributed by atoms with Gasteiger partial charge in [0.25, 0.3) is 0 Å². The third-order valence-corrected chi connectivity index (χ3v) is 3.80. The van der Waals surface area contributed by atoms with Gasteiger partial charge in [-0.25, -0.2) is 9.97 Å². The van der Waals surface area contributed by atoms with E-state index in [4.69, 9.17) is 0 Å². The van der Waals surface area contributed by atoms with Crippen molar-refractivity contribution in [2.24, 2.45) is 5.92 Å². The van der Waals surface area contributed by atoms with Gasteiger partial charge in [0.1, 0.15) is 5.82 Å². The predicted octanol–water partition coefficient (Wildman–Crippen LogP) is 4.69. The minimum Gasteiger partial charge on any atom is -0.240 e. The normalized spacial score (nSPS) is 14.1. The molecule has 1 heterocycles. The number of hydrogen-bond acceptors (Lipinski definition) is 2. The zero-order chi connectivity index (χ0) is 14.2. The Morgan fingerprint density at radius 3 is 2.32 bits per heavy atom. The standard InChI is InChI=1S/C17H24N2/c1-11(2)12(3)13-7-8-15-14(9-13)10-18-16(19-15)17(4,5)6/h7-12H,1-6H3. The Labute approximate surface area is 116 Å². The Balaban J connectivity index is 2.46. The van der Waals surface area contributed by atoms with Crippen molar-refractivity contribution in [1.29, 1.82) is 0 Å². The van der Waals surface area contributed by atoms with E-state index in [1.807, 2.05) is 6.20 Å². The highest BCUT2D eigenvalue weighted by atomic mass is 14.9. The van der Waals surface area contributed by atoms with Gasteiger partial charge in [-0.1, -0.05) is 47.6 Å². The summed E-state index contributed by atoms with van der Waals surface area (Å²) in [6.45, 7) is 13.2. The van der Waals surface area contributed by atoms with Gasteiger partial charge in [0.15, 0.2) is 0 Å². The second kappa shape index (κ2) is 4.92. The molecule has 0 spiro atoms. The van der Waals surface area contributed by atoms with E-state index < -0.39 is 0 Å². The Morgan fingerprint density at radius 2 is 1.74 bits per heavy atom. The Bertz CT molecular complexity index is 579. The van der Waals surface area contributed by atoms with Crippen molar-refractivity contribution in [1.82, 2.24) is 9.97 Å². The molecule has 102 valence electrons. The van der Waals surface area contributed by atoms with Gasteiger partial charge >= 0.3 is 0 Å². The fourth-order valence-corrected chi connectivity index (χ4v) is 2.08. The van der Waals surface area contributed by atoms with Crippen LogP contribution in [0.25, 0.3) is 10.9 Å². The molecule has 0 aliphatic rings. The third-order valence-electron chi connectivity index (χ3n) is 3.80. The van der Waals surface area contributed by atoms with Crippen LogP contribution in [0.1, 0.15) is 58.8 Å². The molecule has 19 heavy (non-hydrogen) atoms. The molecule has 0 radical (unpaired) electrons. The number of hydrogen-bond donors (Lipinski definition) is 0. The van der Waals surface area contributed by atoms with Gasteiger partial charge < -0.3 is 0 Å². The van der Waals surface area contributed by atoms with E-state index >= 15 is 0 Å². The summed E-state index contributed by atoms with van der Waals surface area (Å²) in [5.74, 6) is 2.11.